The number of anilines is 2. The minimum atomic E-state index is 0.296. The number of fused-ring (bicyclic) bond motifs is 1. The van der Waals surface area contributed by atoms with Gasteiger partial charge in [0.25, 0.3) is 0 Å². The number of nitrogens with one attached hydrogen (secondary N) is 2. The van der Waals surface area contributed by atoms with Gasteiger partial charge in [0, 0.05) is 44.5 Å². The zero-order valence-electron chi connectivity index (χ0n) is 14.4. The maximum absolute atomic E-state index is 4.34. The third-order valence-electron chi connectivity index (χ3n) is 4.63. The van der Waals surface area contributed by atoms with E-state index >= 15 is 0 Å². The second-order valence-electron chi connectivity index (χ2n) is 6.49. The van der Waals surface area contributed by atoms with Gasteiger partial charge in [-0.05, 0) is 19.1 Å². The van der Waals surface area contributed by atoms with E-state index < -0.39 is 0 Å². The van der Waals surface area contributed by atoms with E-state index in [1.54, 1.807) is 12.7 Å². The minimum absolute atomic E-state index is 0.296. The van der Waals surface area contributed by atoms with Crippen LogP contribution in [0.15, 0.2) is 43.0 Å². The molecule has 1 aliphatic heterocycles. The van der Waals surface area contributed by atoms with Gasteiger partial charge in [0.05, 0.1) is 6.33 Å². The van der Waals surface area contributed by atoms with Crippen molar-refractivity contribution in [2.75, 3.05) is 42.9 Å². The van der Waals surface area contributed by atoms with Crippen LogP contribution in [0.5, 0.6) is 0 Å². The lowest BCUT2D eigenvalue weighted by molar-refractivity contribution is 0.251. The van der Waals surface area contributed by atoms with Crippen LogP contribution >= 0.6 is 0 Å². The number of benzene rings is 1. The highest BCUT2D eigenvalue weighted by Crippen LogP contribution is 2.17. The summed E-state index contributed by atoms with van der Waals surface area (Å²) in [5.74, 6) is 0.818. The molecule has 1 saturated heterocycles. The molecule has 1 atom stereocenters. The first-order valence-corrected chi connectivity index (χ1v) is 8.72. The summed E-state index contributed by atoms with van der Waals surface area (Å²) in [7, 11) is 0. The maximum Gasteiger partial charge on any atom is 0.182 e. The smallest absolute Gasteiger partial charge is 0.182 e. The summed E-state index contributed by atoms with van der Waals surface area (Å²) >= 11 is 0. The van der Waals surface area contributed by atoms with Gasteiger partial charge in [0.15, 0.2) is 11.5 Å². The zero-order chi connectivity index (χ0) is 17.1. The summed E-state index contributed by atoms with van der Waals surface area (Å²) in [6.45, 7) is 7.45. The summed E-state index contributed by atoms with van der Waals surface area (Å²) in [5, 5.41) is 3.48. The standard InChI is InChI=1S/C18H23N7/c1-14(23-18-16-17(20-12-19-16)21-13-22-18)11-24-7-9-25(10-8-24)15-5-3-2-4-6-15/h2-6,12-14H,7-11H2,1H3,(H2,19,20,21,22,23). The number of hydrogen-bond donors (Lipinski definition) is 2. The molecule has 1 unspecified atom stereocenters. The molecule has 0 radical (unpaired) electrons. The predicted molar refractivity (Wildman–Crippen MR) is 99.9 cm³/mol. The number of piperazine rings is 1. The lowest BCUT2D eigenvalue weighted by Gasteiger charge is -2.37. The molecule has 1 aromatic carbocycles. The van der Waals surface area contributed by atoms with Gasteiger partial charge in [-0.25, -0.2) is 15.0 Å². The first-order valence-electron chi connectivity index (χ1n) is 8.72. The summed E-state index contributed by atoms with van der Waals surface area (Å²) < 4.78 is 0. The highest BCUT2D eigenvalue weighted by molar-refractivity contribution is 5.82. The number of imidazole rings is 1. The molecule has 2 aromatic heterocycles. The van der Waals surface area contributed by atoms with Crippen molar-refractivity contribution in [1.82, 2.24) is 24.8 Å². The van der Waals surface area contributed by atoms with E-state index in [-0.39, 0.29) is 0 Å². The van der Waals surface area contributed by atoms with Crippen molar-refractivity contribution in [1.29, 1.82) is 0 Å². The Bertz CT molecular complexity index is 808. The largest absolute Gasteiger partial charge is 0.369 e. The molecule has 1 aliphatic rings. The van der Waals surface area contributed by atoms with Crippen LogP contribution in [0.4, 0.5) is 11.5 Å². The number of nitrogens with zero attached hydrogens (tertiary/aromatic N) is 5. The monoisotopic (exact) mass is 337 g/mol. The van der Waals surface area contributed by atoms with Crippen LogP contribution in [0.1, 0.15) is 6.92 Å². The molecule has 130 valence electrons. The first-order chi connectivity index (χ1) is 12.3. The van der Waals surface area contributed by atoms with E-state index in [4.69, 9.17) is 0 Å². The number of aromatic nitrogens is 4. The van der Waals surface area contributed by atoms with E-state index in [1.807, 2.05) is 0 Å². The summed E-state index contributed by atoms with van der Waals surface area (Å²) in [5.41, 5.74) is 2.88. The van der Waals surface area contributed by atoms with Crippen LogP contribution in [0, 0.1) is 0 Å². The Balaban J connectivity index is 1.32. The molecule has 3 heterocycles. The van der Waals surface area contributed by atoms with Gasteiger partial charge in [-0.3, -0.25) is 4.90 Å². The second-order valence-corrected chi connectivity index (χ2v) is 6.49. The Hall–Kier alpha value is -2.67. The van der Waals surface area contributed by atoms with Crippen molar-refractivity contribution < 1.29 is 0 Å². The van der Waals surface area contributed by atoms with Gasteiger partial charge in [0.1, 0.15) is 11.8 Å². The average molecular weight is 337 g/mol. The van der Waals surface area contributed by atoms with E-state index in [9.17, 15) is 0 Å². The van der Waals surface area contributed by atoms with Gasteiger partial charge >= 0.3 is 0 Å². The molecule has 0 amide bonds. The van der Waals surface area contributed by atoms with Gasteiger partial charge in [-0.1, -0.05) is 18.2 Å². The zero-order valence-corrected chi connectivity index (χ0v) is 14.4. The minimum Gasteiger partial charge on any atom is -0.369 e. The van der Waals surface area contributed by atoms with Crippen LogP contribution < -0.4 is 10.2 Å². The number of aromatic amines is 1. The van der Waals surface area contributed by atoms with Crippen LogP contribution in [0.2, 0.25) is 0 Å². The Morgan fingerprint density at radius 1 is 1.08 bits per heavy atom. The van der Waals surface area contributed by atoms with Gasteiger partial charge in [-0.15, -0.1) is 0 Å². The average Bonchev–Trinajstić information content (AvgIpc) is 3.13. The fourth-order valence-corrected chi connectivity index (χ4v) is 3.37. The molecule has 2 N–H and O–H groups in total. The van der Waals surface area contributed by atoms with Crippen LogP contribution in [0.25, 0.3) is 11.2 Å². The predicted octanol–water partition coefficient (Wildman–Crippen LogP) is 1.98. The first kappa shape index (κ1) is 15.8. The van der Waals surface area contributed by atoms with Crippen molar-refractivity contribution in [3.8, 4) is 0 Å². The summed E-state index contributed by atoms with van der Waals surface area (Å²) in [6.07, 6.45) is 3.20. The summed E-state index contributed by atoms with van der Waals surface area (Å²) in [6, 6.07) is 10.9. The third kappa shape index (κ3) is 3.56. The number of H-pyrrole nitrogens is 1. The molecule has 4 rings (SSSR count). The topological polar surface area (TPSA) is 73.0 Å². The van der Waals surface area contributed by atoms with Gasteiger partial charge < -0.3 is 15.2 Å². The Morgan fingerprint density at radius 3 is 2.68 bits per heavy atom. The third-order valence-corrected chi connectivity index (χ3v) is 4.63. The lowest BCUT2D eigenvalue weighted by Crippen LogP contribution is -2.49. The fourth-order valence-electron chi connectivity index (χ4n) is 3.37. The number of hydrogen-bond acceptors (Lipinski definition) is 6. The molecule has 7 heteroatoms. The molecule has 0 aliphatic carbocycles. The normalized spacial score (nSPS) is 16.9. The number of para-hydroxylation sites is 1. The van der Waals surface area contributed by atoms with Crippen molar-refractivity contribution in [3.63, 3.8) is 0 Å². The fraction of sp³-hybridized carbons (Fsp3) is 0.389. The molecule has 25 heavy (non-hydrogen) atoms. The van der Waals surface area contributed by atoms with E-state index in [0.29, 0.717) is 11.7 Å². The molecule has 1 fully saturated rings. The van der Waals surface area contributed by atoms with Crippen LogP contribution in [0.3, 0.4) is 0 Å². The SMILES string of the molecule is CC(CN1CCN(c2ccccc2)CC1)Nc1ncnc2nc[nH]c12. The van der Waals surface area contributed by atoms with Crippen molar-refractivity contribution in [2.45, 2.75) is 13.0 Å². The Morgan fingerprint density at radius 2 is 1.88 bits per heavy atom. The molecular weight excluding hydrogens is 314 g/mol. The van der Waals surface area contributed by atoms with Gasteiger partial charge in [-0.2, -0.15) is 0 Å². The van der Waals surface area contributed by atoms with Crippen LogP contribution in [-0.4, -0.2) is 63.6 Å². The van der Waals surface area contributed by atoms with Crippen molar-refractivity contribution >= 4 is 22.7 Å². The Labute approximate surface area is 147 Å². The highest BCUT2D eigenvalue weighted by Gasteiger charge is 2.19. The van der Waals surface area contributed by atoms with Crippen LogP contribution in [-0.2, 0) is 0 Å². The molecule has 0 bridgehead atoms. The second kappa shape index (κ2) is 7.06. The summed E-state index contributed by atoms with van der Waals surface area (Å²) in [4.78, 5) is 20.7. The van der Waals surface area contributed by atoms with Crippen molar-refractivity contribution in [2.24, 2.45) is 0 Å². The Kier molecular flexibility index (Phi) is 4.47. The van der Waals surface area contributed by atoms with Gasteiger partial charge in [0.2, 0.25) is 0 Å². The molecule has 3 aromatic rings. The number of rotatable bonds is 5. The molecule has 0 spiro atoms. The highest BCUT2D eigenvalue weighted by atomic mass is 15.3. The quantitative estimate of drug-likeness (QED) is 0.742. The lowest BCUT2D eigenvalue weighted by atomic mass is 10.2. The van der Waals surface area contributed by atoms with E-state index in [1.165, 1.54) is 5.69 Å². The molecule has 7 nitrogen and oxygen atoms in total. The van der Waals surface area contributed by atoms with E-state index in [2.05, 4.69) is 72.3 Å². The molecule has 0 saturated carbocycles. The van der Waals surface area contributed by atoms with E-state index in [0.717, 1.165) is 44.1 Å². The molecular formula is C18H23N7. The van der Waals surface area contributed by atoms with Crippen molar-refractivity contribution in [3.05, 3.63) is 43.0 Å². The maximum atomic E-state index is 4.34.